The highest BCUT2D eigenvalue weighted by atomic mass is 35.5. The predicted octanol–water partition coefficient (Wildman–Crippen LogP) is 2.96. The molecule has 0 radical (unpaired) electrons. The van der Waals surface area contributed by atoms with Crippen LogP contribution in [0.4, 0.5) is 4.39 Å². The number of hydrogen-bond donors (Lipinski definition) is 2. The number of amides is 2. The maximum Gasteiger partial charge on any atom is 0.251 e. The molecule has 8 heteroatoms. The van der Waals surface area contributed by atoms with E-state index >= 15 is 0 Å². The van der Waals surface area contributed by atoms with Crippen molar-refractivity contribution in [1.29, 1.82) is 0 Å². The smallest absolute Gasteiger partial charge is 0.251 e. The van der Waals surface area contributed by atoms with Gasteiger partial charge < -0.3 is 20.1 Å². The summed E-state index contributed by atoms with van der Waals surface area (Å²) < 4.78 is 23.8. The summed E-state index contributed by atoms with van der Waals surface area (Å²) in [4.78, 5) is 24.2. The van der Waals surface area contributed by atoms with Crippen LogP contribution in [0.5, 0.6) is 11.5 Å². The van der Waals surface area contributed by atoms with E-state index in [9.17, 15) is 14.0 Å². The van der Waals surface area contributed by atoms with Crippen molar-refractivity contribution in [3.05, 3.63) is 57.9 Å². The Bertz CT molecular complexity index is 858. The number of carbonyl (C=O) groups is 2. The Morgan fingerprint density at radius 2 is 1.63 bits per heavy atom. The highest BCUT2D eigenvalue weighted by Gasteiger charge is 2.15. The van der Waals surface area contributed by atoms with Crippen LogP contribution in [0, 0.1) is 12.7 Å². The molecule has 0 fully saturated rings. The molecule has 0 aliphatic heterocycles. The number of halogens is 2. The van der Waals surface area contributed by atoms with Gasteiger partial charge in [-0.1, -0.05) is 17.7 Å². The van der Waals surface area contributed by atoms with E-state index < -0.39 is 11.7 Å². The predicted molar refractivity (Wildman–Crippen MR) is 100 cm³/mol. The fraction of sp³-hybridized carbons (Fsp3) is 0.263. The first-order valence-corrected chi connectivity index (χ1v) is 8.49. The van der Waals surface area contributed by atoms with E-state index in [4.69, 9.17) is 21.1 Å². The Morgan fingerprint density at radius 1 is 1.00 bits per heavy atom. The zero-order chi connectivity index (χ0) is 20.0. The Labute approximate surface area is 161 Å². The molecule has 0 unspecified atom stereocenters. The molecule has 0 atom stereocenters. The lowest BCUT2D eigenvalue weighted by molar-refractivity contribution is 0.0927. The second kappa shape index (κ2) is 9.23. The third-order valence-electron chi connectivity index (χ3n) is 3.83. The normalized spacial score (nSPS) is 10.3. The van der Waals surface area contributed by atoms with Crippen molar-refractivity contribution in [3.8, 4) is 11.5 Å². The fourth-order valence-electron chi connectivity index (χ4n) is 2.34. The zero-order valence-corrected chi connectivity index (χ0v) is 15.9. The molecule has 0 aliphatic carbocycles. The Hall–Kier alpha value is -2.80. The maximum atomic E-state index is 13.5. The zero-order valence-electron chi connectivity index (χ0n) is 15.2. The van der Waals surface area contributed by atoms with Crippen molar-refractivity contribution in [2.24, 2.45) is 0 Å². The van der Waals surface area contributed by atoms with Crippen LogP contribution in [-0.2, 0) is 0 Å². The van der Waals surface area contributed by atoms with Crippen molar-refractivity contribution in [3.63, 3.8) is 0 Å². The first-order valence-electron chi connectivity index (χ1n) is 8.11. The van der Waals surface area contributed by atoms with Crippen molar-refractivity contribution in [2.75, 3.05) is 27.3 Å². The molecule has 0 bridgehead atoms. The van der Waals surface area contributed by atoms with Gasteiger partial charge in [0.15, 0.2) is 11.5 Å². The summed E-state index contributed by atoms with van der Waals surface area (Å²) in [5.74, 6) is -0.565. The van der Waals surface area contributed by atoms with Crippen LogP contribution >= 0.6 is 11.6 Å². The lowest BCUT2D eigenvalue weighted by Gasteiger charge is -2.12. The summed E-state index contributed by atoms with van der Waals surface area (Å²) in [5, 5.41) is 5.52. The summed E-state index contributed by atoms with van der Waals surface area (Å²) in [6.07, 6.45) is 0. The number of methoxy groups -OCH3 is 2. The molecule has 0 aromatic heterocycles. The third-order valence-corrected chi connectivity index (χ3v) is 4.11. The number of ether oxygens (including phenoxy) is 2. The van der Waals surface area contributed by atoms with Gasteiger partial charge in [0.05, 0.1) is 19.2 Å². The summed E-state index contributed by atoms with van der Waals surface area (Å²) in [6.45, 7) is 1.99. The highest BCUT2D eigenvalue weighted by Crippen LogP contribution is 2.35. The summed E-state index contributed by atoms with van der Waals surface area (Å²) in [5.41, 5.74) is 0.980. The second-order valence-corrected chi connectivity index (χ2v) is 6.08. The molecule has 2 N–H and O–H groups in total. The van der Waals surface area contributed by atoms with Crippen LogP contribution in [0.3, 0.4) is 0 Å². The first-order chi connectivity index (χ1) is 12.9. The van der Waals surface area contributed by atoms with Gasteiger partial charge in [-0.3, -0.25) is 9.59 Å². The van der Waals surface area contributed by atoms with Gasteiger partial charge in [-0.15, -0.1) is 0 Å². The van der Waals surface area contributed by atoms with Gasteiger partial charge in [-0.2, -0.15) is 0 Å². The van der Waals surface area contributed by atoms with Crippen LogP contribution in [0.15, 0.2) is 30.3 Å². The topological polar surface area (TPSA) is 76.7 Å². The number of aryl methyl sites for hydroxylation is 1. The molecule has 2 aromatic carbocycles. The number of carbonyl (C=O) groups excluding carboxylic acids is 2. The van der Waals surface area contributed by atoms with Crippen LogP contribution < -0.4 is 20.1 Å². The molecule has 2 aromatic rings. The van der Waals surface area contributed by atoms with Crippen molar-refractivity contribution in [2.45, 2.75) is 6.92 Å². The van der Waals surface area contributed by atoms with E-state index in [0.717, 1.165) is 0 Å². The van der Waals surface area contributed by atoms with E-state index in [1.165, 1.54) is 44.6 Å². The van der Waals surface area contributed by atoms with Crippen molar-refractivity contribution in [1.82, 2.24) is 10.6 Å². The molecule has 0 spiro atoms. The van der Waals surface area contributed by atoms with E-state index in [-0.39, 0.29) is 29.6 Å². The number of hydrogen-bond acceptors (Lipinski definition) is 4. The average Bonchev–Trinajstić information content (AvgIpc) is 2.66. The lowest BCUT2D eigenvalue weighted by Crippen LogP contribution is -2.34. The standard InChI is InChI=1S/C19H20ClFN2O4/c1-11-4-5-12(9-15(11)21)18(24)22-6-7-23-19(25)13-8-14(20)17(27-3)16(10-13)26-2/h4-5,8-10H,6-7H2,1-3H3,(H,22,24)(H,23,25). The van der Waals surface area contributed by atoms with Gasteiger partial charge >= 0.3 is 0 Å². The largest absolute Gasteiger partial charge is 0.493 e. The number of nitrogens with one attached hydrogen (secondary N) is 2. The summed E-state index contributed by atoms with van der Waals surface area (Å²) in [7, 11) is 2.89. The van der Waals surface area contributed by atoms with Gasteiger partial charge in [0.2, 0.25) is 0 Å². The van der Waals surface area contributed by atoms with E-state index in [0.29, 0.717) is 22.6 Å². The van der Waals surface area contributed by atoms with Crippen molar-refractivity contribution < 1.29 is 23.5 Å². The molecule has 2 amide bonds. The van der Waals surface area contributed by atoms with Crippen LogP contribution in [-0.4, -0.2) is 39.1 Å². The van der Waals surface area contributed by atoms with E-state index in [2.05, 4.69) is 10.6 Å². The van der Waals surface area contributed by atoms with Crippen LogP contribution in [0.25, 0.3) is 0 Å². The Morgan fingerprint density at radius 3 is 2.19 bits per heavy atom. The molecular formula is C19H20ClFN2O4. The van der Waals surface area contributed by atoms with Gasteiger partial charge in [0.1, 0.15) is 5.82 Å². The van der Waals surface area contributed by atoms with Gasteiger partial charge in [0.25, 0.3) is 11.8 Å². The molecule has 2 rings (SSSR count). The Balaban J connectivity index is 1.90. The van der Waals surface area contributed by atoms with Gasteiger partial charge in [0, 0.05) is 24.2 Å². The minimum atomic E-state index is -0.443. The molecule has 0 saturated heterocycles. The van der Waals surface area contributed by atoms with Gasteiger partial charge in [-0.25, -0.2) is 4.39 Å². The quantitative estimate of drug-likeness (QED) is 0.708. The lowest BCUT2D eigenvalue weighted by atomic mass is 10.1. The minimum Gasteiger partial charge on any atom is -0.493 e. The molecular weight excluding hydrogens is 375 g/mol. The minimum absolute atomic E-state index is 0.182. The maximum absolute atomic E-state index is 13.5. The van der Waals surface area contributed by atoms with Crippen molar-refractivity contribution >= 4 is 23.4 Å². The fourth-order valence-corrected chi connectivity index (χ4v) is 2.63. The molecule has 0 aliphatic rings. The molecule has 0 heterocycles. The summed E-state index contributed by atoms with van der Waals surface area (Å²) in [6, 6.07) is 7.22. The average molecular weight is 395 g/mol. The third kappa shape index (κ3) is 5.10. The molecule has 144 valence electrons. The molecule has 0 saturated carbocycles. The molecule has 27 heavy (non-hydrogen) atoms. The Kier molecular flexibility index (Phi) is 7.01. The van der Waals surface area contributed by atoms with Gasteiger partial charge in [-0.05, 0) is 36.8 Å². The second-order valence-electron chi connectivity index (χ2n) is 5.67. The van der Waals surface area contributed by atoms with E-state index in [1.807, 2.05) is 0 Å². The summed E-state index contributed by atoms with van der Waals surface area (Å²) >= 11 is 6.08. The first kappa shape index (κ1) is 20.5. The number of benzene rings is 2. The number of rotatable bonds is 7. The SMILES string of the molecule is COc1cc(C(=O)NCCNC(=O)c2ccc(C)c(F)c2)cc(Cl)c1OC. The monoisotopic (exact) mass is 394 g/mol. The van der Waals surface area contributed by atoms with Crippen LogP contribution in [0.2, 0.25) is 5.02 Å². The molecule has 6 nitrogen and oxygen atoms in total. The van der Waals surface area contributed by atoms with E-state index in [1.54, 1.807) is 6.92 Å². The highest BCUT2D eigenvalue weighted by molar-refractivity contribution is 6.32. The van der Waals surface area contributed by atoms with Crippen LogP contribution in [0.1, 0.15) is 26.3 Å².